The van der Waals surface area contributed by atoms with E-state index in [4.69, 9.17) is 4.74 Å². The van der Waals surface area contributed by atoms with Crippen LogP contribution in [0.25, 0.3) is 0 Å². The Kier molecular flexibility index (Phi) is 5.69. The molecular formula is C16H22N2O6S. The van der Waals surface area contributed by atoms with Crippen LogP contribution in [0.4, 0.5) is 0 Å². The lowest BCUT2D eigenvalue weighted by atomic mass is 10.0. The molecule has 1 saturated heterocycles. The summed E-state index contributed by atoms with van der Waals surface area (Å²) in [7, 11) is 0.295. The molecule has 0 saturated carbocycles. The Morgan fingerprint density at radius 2 is 1.96 bits per heavy atom. The number of rotatable bonds is 5. The molecule has 9 heteroatoms. The van der Waals surface area contributed by atoms with Gasteiger partial charge in [0.05, 0.1) is 7.11 Å². The molecule has 1 amide bonds. The maximum Gasteiger partial charge on any atom is 0.326 e. The van der Waals surface area contributed by atoms with E-state index in [0.717, 1.165) is 10.7 Å². The Labute approximate surface area is 147 Å². The van der Waals surface area contributed by atoms with Gasteiger partial charge >= 0.3 is 5.97 Å². The molecule has 1 aromatic carbocycles. The van der Waals surface area contributed by atoms with Gasteiger partial charge in [0.2, 0.25) is 10.0 Å². The molecule has 0 aromatic heterocycles. The molecule has 2 rings (SSSR count). The fraction of sp³-hybridized carbons (Fsp3) is 0.500. The number of piperidine rings is 1. The van der Waals surface area contributed by atoms with Crippen molar-refractivity contribution < 1.29 is 27.9 Å². The molecule has 25 heavy (non-hydrogen) atoms. The lowest BCUT2D eigenvalue weighted by Crippen LogP contribution is -2.48. The van der Waals surface area contributed by atoms with Crippen LogP contribution < -0.4 is 4.74 Å². The van der Waals surface area contributed by atoms with Crippen LogP contribution in [-0.2, 0) is 14.8 Å². The van der Waals surface area contributed by atoms with Gasteiger partial charge < -0.3 is 14.7 Å². The maximum absolute atomic E-state index is 12.8. The van der Waals surface area contributed by atoms with Crippen molar-refractivity contribution in [2.24, 2.45) is 0 Å². The maximum atomic E-state index is 12.8. The molecule has 0 radical (unpaired) electrons. The van der Waals surface area contributed by atoms with Gasteiger partial charge in [-0.1, -0.05) is 0 Å². The van der Waals surface area contributed by atoms with Crippen LogP contribution in [0.1, 0.15) is 29.6 Å². The molecular weight excluding hydrogens is 348 g/mol. The average Bonchev–Trinajstić information content (AvgIpc) is 2.60. The molecule has 1 fully saturated rings. The molecule has 0 bridgehead atoms. The van der Waals surface area contributed by atoms with Crippen LogP contribution in [0.15, 0.2) is 23.1 Å². The first-order valence-corrected chi connectivity index (χ1v) is 9.28. The second-order valence-electron chi connectivity index (χ2n) is 6.00. The molecule has 1 aromatic rings. The molecule has 8 nitrogen and oxygen atoms in total. The van der Waals surface area contributed by atoms with Gasteiger partial charge in [-0.3, -0.25) is 4.79 Å². The molecule has 0 aliphatic carbocycles. The van der Waals surface area contributed by atoms with Crippen LogP contribution in [0.3, 0.4) is 0 Å². The SMILES string of the molecule is COc1ccc(C(=O)N2CCCC[C@@H]2C(=O)O)cc1S(=O)(=O)N(C)C. The predicted molar refractivity (Wildman–Crippen MR) is 90.2 cm³/mol. The van der Waals surface area contributed by atoms with Crippen LogP contribution in [-0.4, -0.2) is 68.4 Å². The number of amides is 1. The first kappa shape index (κ1) is 19.2. The summed E-state index contributed by atoms with van der Waals surface area (Å²) >= 11 is 0. The van der Waals surface area contributed by atoms with Gasteiger partial charge in [-0.15, -0.1) is 0 Å². The summed E-state index contributed by atoms with van der Waals surface area (Å²) in [4.78, 5) is 25.3. The zero-order valence-electron chi connectivity index (χ0n) is 14.4. The largest absolute Gasteiger partial charge is 0.495 e. The third-order valence-electron chi connectivity index (χ3n) is 4.22. The van der Waals surface area contributed by atoms with Crippen molar-refractivity contribution in [2.45, 2.75) is 30.2 Å². The molecule has 0 spiro atoms. The fourth-order valence-corrected chi connectivity index (χ4v) is 3.88. The Morgan fingerprint density at radius 1 is 1.28 bits per heavy atom. The minimum atomic E-state index is -3.81. The average molecular weight is 370 g/mol. The van der Waals surface area contributed by atoms with Crippen molar-refractivity contribution in [3.63, 3.8) is 0 Å². The molecule has 0 unspecified atom stereocenters. The monoisotopic (exact) mass is 370 g/mol. The van der Waals surface area contributed by atoms with Gasteiger partial charge in [0.15, 0.2) is 0 Å². The highest BCUT2D eigenvalue weighted by Gasteiger charge is 2.33. The Bertz CT molecular complexity index is 775. The van der Waals surface area contributed by atoms with Gasteiger partial charge in [-0.05, 0) is 37.5 Å². The number of carbonyl (C=O) groups is 2. The molecule has 1 heterocycles. The van der Waals surface area contributed by atoms with Crippen molar-refractivity contribution in [1.29, 1.82) is 0 Å². The molecule has 1 aliphatic rings. The number of aliphatic carboxylic acids is 1. The number of sulfonamides is 1. The number of likely N-dealkylation sites (tertiary alicyclic amines) is 1. The van der Waals surface area contributed by atoms with Crippen molar-refractivity contribution in [2.75, 3.05) is 27.7 Å². The summed E-state index contributed by atoms with van der Waals surface area (Å²) in [6, 6.07) is 3.20. The van der Waals surface area contributed by atoms with Crippen LogP contribution in [0, 0.1) is 0 Å². The predicted octanol–water partition coefficient (Wildman–Crippen LogP) is 1.02. The van der Waals surface area contributed by atoms with Crippen molar-refractivity contribution >= 4 is 21.9 Å². The van der Waals surface area contributed by atoms with E-state index in [0.29, 0.717) is 19.4 Å². The summed E-state index contributed by atoms with van der Waals surface area (Å²) in [5.74, 6) is -1.42. The highest BCUT2D eigenvalue weighted by Crippen LogP contribution is 2.28. The number of hydrogen-bond donors (Lipinski definition) is 1. The Morgan fingerprint density at radius 3 is 2.52 bits per heavy atom. The van der Waals surface area contributed by atoms with Gasteiger partial charge in [0.25, 0.3) is 5.91 Å². The lowest BCUT2D eigenvalue weighted by Gasteiger charge is -2.33. The third kappa shape index (κ3) is 3.77. The highest BCUT2D eigenvalue weighted by atomic mass is 32.2. The van der Waals surface area contributed by atoms with Gasteiger partial charge in [0.1, 0.15) is 16.7 Å². The summed E-state index contributed by atoms with van der Waals surface area (Å²) in [6.45, 7) is 0.331. The number of carboxylic acid groups (broad SMARTS) is 1. The van der Waals surface area contributed by atoms with E-state index in [-0.39, 0.29) is 16.2 Å². The fourth-order valence-electron chi connectivity index (χ4n) is 2.81. The van der Waals surface area contributed by atoms with E-state index in [2.05, 4.69) is 0 Å². The number of hydrogen-bond acceptors (Lipinski definition) is 5. The van der Waals surface area contributed by atoms with E-state index in [1.165, 1.54) is 44.3 Å². The van der Waals surface area contributed by atoms with Gasteiger partial charge in [0, 0.05) is 26.2 Å². The third-order valence-corrected chi connectivity index (χ3v) is 6.05. The minimum absolute atomic E-state index is 0.120. The topological polar surface area (TPSA) is 104 Å². The van der Waals surface area contributed by atoms with Crippen LogP contribution in [0.2, 0.25) is 0 Å². The summed E-state index contributed by atoms with van der Waals surface area (Å²) in [5.41, 5.74) is 0.120. The van der Waals surface area contributed by atoms with Crippen LogP contribution >= 0.6 is 0 Å². The molecule has 1 atom stereocenters. The number of methoxy groups -OCH3 is 1. The number of carboxylic acids is 1. The van der Waals surface area contributed by atoms with Crippen molar-refractivity contribution in [1.82, 2.24) is 9.21 Å². The first-order chi connectivity index (χ1) is 11.7. The van der Waals surface area contributed by atoms with Crippen LogP contribution in [0.5, 0.6) is 5.75 Å². The minimum Gasteiger partial charge on any atom is -0.495 e. The van der Waals surface area contributed by atoms with E-state index < -0.39 is 27.9 Å². The van der Waals surface area contributed by atoms with Gasteiger partial charge in [-0.25, -0.2) is 17.5 Å². The number of benzene rings is 1. The molecule has 138 valence electrons. The Hall–Kier alpha value is -2.13. The van der Waals surface area contributed by atoms with E-state index in [1.54, 1.807) is 0 Å². The Balaban J connectivity index is 2.46. The van der Waals surface area contributed by atoms with E-state index in [9.17, 15) is 23.1 Å². The second kappa shape index (κ2) is 7.40. The highest BCUT2D eigenvalue weighted by molar-refractivity contribution is 7.89. The smallest absolute Gasteiger partial charge is 0.326 e. The summed E-state index contributed by atoms with van der Waals surface area (Å²) in [5, 5.41) is 9.33. The summed E-state index contributed by atoms with van der Waals surface area (Å²) < 4.78 is 31.0. The molecule has 1 aliphatic heterocycles. The standard InChI is InChI=1S/C16H22N2O6S/c1-17(2)25(22,23)14-10-11(7-8-13(14)24-3)15(19)18-9-5-4-6-12(18)16(20)21/h7-8,10,12H,4-6,9H2,1-3H3,(H,20,21)/t12-/m1/s1. The zero-order valence-corrected chi connectivity index (χ0v) is 15.2. The van der Waals surface area contributed by atoms with Crippen molar-refractivity contribution in [3.05, 3.63) is 23.8 Å². The van der Waals surface area contributed by atoms with Crippen molar-refractivity contribution in [3.8, 4) is 5.75 Å². The van der Waals surface area contributed by atoms with E-state index in [1.807, 2.05) is 0 Å². The zero-order chi connectivity index (χ0) is 18.8. The first-order valence-electron chi connectivity index (χ1n) is 7.84. The number of ether oxygens (including phenoxy) is 1. The lowest BCUT2D eigenvalue weighted by molar-refractivity contribution is -0.143. The van der Waals surface area contributed by atoms with E-state index >= 15 is 0 Å². The quantitative estimate of drug-likeness (QED) is 0.830. The number of carbonyl (C=O) groups excluding carboxylic acids is 1. The molecule has 1 N–H and O–H groups in total. The normalized spacial score (nSPS) is 18.2. The van der Waals surface area contributed by atoms with Gasteiger partial charge in [-0.2, -0.15) is 0 Å². The number of nitrogens with zero attached hydrogens (tertiary/aromatic N) is 2. The summed E-state index contributed by atoms with van der Waals surface area (Å²) in [6.07, 6.45) is 1.85. The second-order valence-corrected chi connectivity index (χ2v) is 8.12.